The number of rotatable bonds is 4. The van der Waals surface area contributed by atoms with Gasteiger partial charge in [0.05, 0.1) is 0 Å². The van der Waals surface area contributed by atoms with Gasteiger partial charge in [0.15, 0.2) is 0 Å². The second-order valence-electron chi connectivity index (χ2n) is 2.16. The molecular weight excluding hydrogens is 210 g/mol. The van der Waals surface area contributed by atoms with Crippen molar-refractivity contribution in [3.8, 4) is 0 Å². The lowest BCUT2D eigenvalue weighted by molar-refractivity contribution is 0.220. The normalized spacial score (nSPS) is 15.3. The maximum atomic E-state index is 5.51. The monoisotopic (exact) mass is 220 g/mol. The van der Waals surface area contributed by atoms with Crippen LogP contribution in [0.4, 0.5) is 0 Å². The molecule has 0 heterocycles. The largest absolute Gasteiger partial charge is 0.494 e. The van der Waals surface area contributed by atoms with Crippen LogP contribution in [0, 0.1) is 0 Å². The molecule has 0 radical (unpaired) electrons. The maximum absolute atomic E-state index is 5.51. The van der Waals surface area contributed by atoms with Crippen LogP contribution in [-0.4, -0.2) is 12.4 Å². The molecule has 0 aromatic carbocycles. The van der Waals surface area contributed by atoms with Gasteiger partial charge in [-0.15, -0.1) is 0 Å². The number of hydrogen-bond acceptors (Lipinski definition) is 1. The predicted molar refractivity (Wildman–Crippen MR) is 48.8 cm³/mol. The average molecular weight is 222 g/mol. The van der Waals surface area contributed by atoms with Crippen molar-refractivity contribution in [1.82, 2.24) is 0 Å². The van der Waals surface area contributed by atoms with Crippen LogP contribution in [0.25, 0.3) is 0 Å². The molecule has 0 spiro atoms. The Morgan fingerprint density at radius 2 is 1.90 bits per heavy atom. The minimum Gasteiger partial charge on any atom is -0.378 e. The fourth-order valence-electron chi connectivity index (χ4n) is 0.694. The topological polar surface area (TPSA) is 9.23 Å². The molecule has 5 heteroatoms. The Balaban J connectivity index is 3.47. The van der Waals surface area contributed by atoms with E-state index in [9.17, 15) is 0 Å². The summed E-state index contributed by atoms with van der Waals surface area (Å²) >= 11 is 16.5. The van der Waals surface area contributed by atoms with Crippen LogP contribution >= 0.6 is 33.2 Å². The van der Waals surface area contributed by atoms with Gasteiger partial charge in [0.25, 0.3) is 0 Å². The van der Waals surface area contributed by atoms with E-state index in [2.05, 4.69) is 6.92 Å². The van der Waals surface area contributed by atoms with E-state index in [-0.39, 0.29) is 6.10 Å². The molecule has 0 aliphatic heterocycles. The van der Waals surface area contributed by atoms with Crippen molar-refractivity contribution in [2.24, 2.45) is 0 Å². The summed E-state index contributed by atoms with van der Waals surface area (Å²) in [6.45, 7) is 3.98. The molecule has 0 fully saturated rings. The maximum Gasteiger partial charge on any atom is 0.494 e. The highest BCUT2D eigenvalue weighted by Gasteiger charge is 2.29. The highest BCUT2D eigenvalue weighted by molar-refractivity contribution is 7.62. The van der Waals surface area contributed by atoms with Crippen LogP contribution < -0.4 is 0 Å². The van der Waals surface area contributed by atoms with Gasteiger partial charge in [-0.2, -0.15) is 0 Å². The van der Waals surface area contributed by atoms with E-state index >= 15 is 0 Å². The Hall–Kier alpha value is 1.05. The average Bonchev–Trinajstić information content (AvgIpc) is 1.59. The zero-order valence-corrected chi connectivity index (χ0v) is 9.30. The lowest BCUT2D eigenvalue weighted by Crippen LogP contribution is -2.23. The zero-order chi connectivity index (χ0) is 8.20. The molecule has 0 aliphatic carbocycles. The van der Waals surface area contributed by atoms with Crippen LogP contribution in [0.3, 0.4) is 0 Å². The molecule has 0 N–H and O–H groups in total. The van der Waals surface area contributed by atoms with E-state index in [1.54, 1.807) is 0 Å². The Bertz CT molecular complexity index is 93.4. The van der Waals surface area contributed by atoms with Gasteiger partial charge in [-0.05, 0) is 13.3 Å². The third-order valence-electron chi connectivity index (χ3n) is 1.03. The van der Waals surface area contributed by atoms with E-state index in [0.29, 0.717) is 0 Å². The molecule has 0 bridgehead atoms. The molecule has 0 amide bonds. The predicted octanol–water partition coefficient (Wildman–Crippen LogP) is 3.34. The first-order valence-electron chi connectivity index (χ1n) is 3.20. The standard InChI is InChI=1S/C5H11Cl3OSi/c1-3-4-5(2)9-10(6,7)8/h5H,3-4H2,1-2H3. The Kier molecular flexibility index (Phi) is 5.34. The van der Waals surface area contributed by atoms with Crippen molar-refractivity contribution in [3.05, 3.63) is 0 Å². The Labute approximate surface area is 76.8 Å². The van der Waals surface area contributed by atoms with Gasteiger partial charge in [-0.1, -0.05) is 46.6 Å². The summed E-state index contributed by atoms with van der Waals surface area (Å²) in [5.74, 6) is 0. The quantitative estimate of drug-likeness (QED) is 0.523. The van der Waals surface area contributed by atoms with Crippen LogP contribution in [0.2, 0.25) is 0 Å². The molecule has 62 valence electrons. The van der Waals surface area contributed by atoms with Gasteiger partial charge in [-0.25, -0.2) is 0 Å². The van der Waals surface area contributed by atoms with Crippen LogP contribution in [0.5, 0.6) is 0 Å². The fourth-order valence-corrected chi connectivity index (χ4v) is 2.64. The first-order valence-corrected chi connectivity index (χ1v) is 8.14. The molecule has 10 heavy (non-hydrogen) atoms. The van der Waals surface area contributed by atoms with Crippen molar-refractivity contribution in [1.29, 1.82) is 0 Å². The summed E-state index contributed by atoms with van der Waals surface area (Å²) in [5.41, 5.74) is 0. The van der Waals surface area contributed by atoms with E-state index < -0.39 is 6.25 Å². The third-order valence-corrected chi connectivity index (χ3v) is 2.50. The lowest BCUT2D eigenvalue weighted by Gasteiger charge is -2.15. The highest BCUT2D eigenvalue weighted by atomic mass is 35.8. The summed E-state index contributed by atoms with van der Waals surface area (Å²) in [6, 6.07) is 0. The second-order valence-corrected chi connectivity index (χ2v) is 9.82. The molecule has 0 aliphatic rings. The number of hydrogen-bond donors (Lipinski definition) is 0. The van der Waals surface area contributed by atoms with Gasteiger partial charge in [0.1, 0.15) is 0 Å². The van der Waals surface area contributed by atoms with Crippen molar-refractivity contribution in [3.63, 3.8) is 0 Å². The van der Waals surface area contributed by atoms with E-state index in [1.165, 1.54) is 0 Å². The third kappa shape index (κ3) is 7.16. The smallest absolute Gasteiger partial charge is 0.378 e. The minimum atomic E-state index is -2.84. The molecule has 0 saturated heterocycles. The number of halogens is 3. The van der Waals surface area contributed by atoms with Gasteiger partial charge < -0.3 is 4.43 Å². The molecule has 0 aromatic heterocycles. The SMILES string of the molecule is CCCC(C)O[Si](Cl)(Cl)Cl. The second kappa shape index (κ2) is 4.83. The van der Waals surface area contributed by atoms with Crippen molar-refractivity contribution in [2.75, 3.05) is 0 Å². The summed E-state index contributed by atoms with van der Waals surface area (Å²) in [5, 5.41) is 0. The van der Waals surface area contributed by atoms with Gasteiger partial charge in [0.2, 0.25) is 0 Å². The fraction of sp³-hybridized carbons (Fsp3) is 1.00. The Morgan fingerprint density at radius 3 is 2.20 bits per heavy atom. The summed E-state index contributed by atoms with van der Waals surface area (Å²) < 4.78 is 5.11. The van der Waals surface area contributed by atoms with Gasteiger partial charge in [-0.3, -0.25) is 0 Å². The van der Waals surface area contributed by atoms with Gasteiger partial charge in [0, 0.05) is 6.10 Å². The highest BCUT2D eigenvalue weighted by Crippen LogP contribution is 2.23. The van der Waals surface area contributed by atoms with E-state index in [1.807, 2.05) is 6.92 Å². The molecule has 1 nitrogen and oxygen atoms in total. The van der Waals surface area contributed by atoms with Crippen molar-refractivity contribution in [2.45, 2.75) is 32.8 Å². The van der Waals surface area contributed by atoms with Crippen LogP contribution in [-0.2, 0) is 4.43 Å². The van der Waals surface area contributed by atoms with Crippen LogP contribution in [0.15, 0.2) is 0 Å². The molecule has 1 atom stereocenters. The zero-order valence-electron chi connectivity index (χ0n) is 6.03. The first kappa shape index (κ1) is 11.0. The Morgan fingerprint density at radius 1 is 1.40 bits per heavy atom. The summed E-state index contributed by atoms with van der Waals surface area (Å²) in [7, 11) is 0. The van der Waals surface area contributed by atoms with E-state index in [0.717, 1.165) is 12.8 Å². The van der Waals surface area contributed by atoms with E-state index in [4.69, 9.17) is 37.7 Å². The summed E-state index contributed by atoms with van der Waals surface area (Å²) in [4.78, 5) is 0. The lowest BCUT2D eigenvalue weighted by atomic mass is 10.2. The molecule has 0 rings (SSSR count). The molecular formula is C5H11Cl3OSi. The molecule has 0 aromatic rings. The molecule has 0 saturated carbocycles. The van der Waals surface area contributed by atoms with Crippen LogP contribution in [0.1, 0.15) is 26.7 Å². The minimum absolute atomic E-state index is 0.0733. The van der Waals surface area contributed by atoms with Gasteiger partial charge >= 0.3 is 6.25 Å². The van der Waals surface area contributed by atoms with Crippen molar-refractivity contribution >= 4 is 39.5 Å². The molecule has 1 unspecified atom stereocenters. The first-order chi connectivity index (χ1) is 4.45. The van der Waals surface area contributed by atoms with Crippen molar-refractivity contribution < 1.29 is 4.43 Å². The summed E-state index contributed by atoms with van der Waals surface area (Å²) in [6.07, 6.45) is -0.770.